The molecule has 0 amide bonds. The summed E-state index contributed by atoms with van der Waals surface area (Å²) >= 11 is 0. The predicted octanol–water partition coefficient (Wildman–Crippen LogP) is 4.16. The van der Waals surface area contributed by atoms with E-state index in [1.54, 1.807) is 0 Å². The van der Waals surface area contributed by atoms with E-state index < -0.39 is 0 Å². The molecule has 1 rings (SSSR count). The molecule has 17 heavy (non-hydrogen) atoms. The number of allylic oxidation sites excluding steroid dienone is 3. The molecule has 1 N–H and O–H groups in total. The van der Waals surface area contributed by atoms with Gasteiger partial charge in [0, 0.05) is 18.3 Å². The van der Waals surface area contributed by atoms with E-state index in [-0.39, 0.29) is 0 Å². The van der Waals surface area contributed by atoms with Gasteiger partial charge in [0.15, 0.2) is 0 Å². The molecule has 0 aliphatic rings. The Bertz CT molecular complexity index is 402. The van der Waals surface area contributed by atoms with Gasteiger partial charge in [0.2, 0.25) is 0 Å². The maximum absolute atomic E-state index is 3.26. The van der Waals surface area contributed by atoms with Gasteiger partial charge in [-0.3, -0.25) is 0 Å². The summed E-state index contributed by atoms with van der Waals surface area (Å²) in [6.45, 7) is 6.58. The van der Waals surface area contributed by atoms with Crippen molar-refractivity contribution in [1.82, 2.24) is 5.32 Å². The molecule has 1 unspecified atom stereocenters. The minimum atomic E-state index is 0.640. The molecule has 0 aliphatic heterocycles. The van der Waals surface area contributed by atoms with E-state index in [0.29, 0.717) is 5.92 Å². The lowest BCUT2D eigenvalue weighted by atomic mass is 10.0. The first-order valence-electron chi connectivity index (χ1n) is 6.31. The molecule has 0 aliphatic carbocycles. The Balaban J connectivity index is 2.89. The summed E-state index contributed by atoms with van der Waals surface area (Å²) in [6.07, 6.45) is 7.72. The molecule has 1 nitrogen and oxygen atoms in total. The van der Waals surface area contributed by atoms with Crippen LogP contribution >= 0.6 is 0 Å². The van der Waals surface area contributed by atoms with Crippen LogP contribution < -0.4 is 5.32 Å². The van der Waals surface area contributed by atoms with Crippen LogP contribution in [0.5, 0.6) is 0 Å². The maximum atomic E-state index is 3.26. The zero-order valence-corrected chi connectivity index (χ0v) is 11.3. The van der Waals surface area contributed by atoms with Crippen molar-refractivity contribution in [2.24, 2.45) is 5.92 Å². The third kappa shape index (κ3) is 4.10. The summed E-state index contributed by atoms with van der Waals surface area (Å²) in [5.41, 5.74) is 3.73. The zero-order valence-electron chi connectivity index (χ0n) is 11.3. The average molecular weight is 229 g/mol. The summed E-state index contributed by atoms with van der Waals surface area (Å²) < 4.78 is 0. The van der Waals surface area contributed by atoms with Gasteiger partial charge in [-0.2, -0.15) is 0 Å². The molecule has 1 heteroatoms. The molecule has 0 saturated carbocycles. The van der Waals surface area contributed by atoms with Crippen molar-refractivity contribution in [2.45, 2.75) is 27.2 Å². The van der Waals surface area contributed by atoms with Crippen molar-refractivity contribution in [3.63, 3.8) is 0 Å². The summed E-state index contributed by atoms with van der Waals surface area (Å²) in [7, 11) is 1.97. The summed E-state index contributed by atoms with van der Waals surface area (Å²) in [5, 5.41) is 3.26. The lowest BCUT2D eigenvalue weighted by molar-refractivity contribution is 0.698. The van der Waals surface area contributed by atoms with Gasteiger partial charge in [-0.1, -0.05) is 56.7 Å². The van der Waals surface area contributed by atoms with Gasteiger partial charge in [-0.25, -0.2) is 0 Å². The van der Waals surface area contributed by atoms with Crippen molar-refractivity contribution >= 4 is 5.70 Å². The molecular formula is C16H23N. The van der Waals surface area contributed by atoms with Crippen LogP contribution in [0.15, 0.2) is 42.5 Å². The highest BCUT2D eigenvalue weighted by atomic mass is 14.8. The standard InChI is InChI=1S/C16H23N/c1-5-13(2)9-8-12-16(17-4)15-11-7-6-10-14(15)3/h6-13,17H,5H2,1-4H3/b9-8-,16-12-. The fraction of sp³-hybridized carbons (Fsp3) is 0.375. The summed E-state index contributed by atoms with van der Waals surface area (Å²) in [5.74, 6) is 0.640. The number of aryl methyl sites for hydroxylation is 1. The molecule has 0 heterocycles. The van der Waals surface area contributed by atoms with Gasteiger partial charge in [0.25, 0.3) is 0 Å². The Kier molecular flexibility index (Phi) is 5.55. The first kappa shape index (κ1) is 13.6. The molecule has 0 saturated heterocycles. The SMILES string of the molecule is CCC(C)/C=C\C=C(/NC)c1ccccc1C. The van der Waals surface area contributed by atoms with Crippen molar-refractivity contribution in [2.75, 3.05) is 7.05 Å². The Morgan fingerprint density at radius 1 is 1.35 bits per heavy atom. The molecule has 92 valence electrons. The predicted molar refractivity (Wildman–Crippen MR) is 76.8 cm³/mol. The Morgan fingerprint density at radius 2 is 2.06 bits per heavy atom. The molecule has 0 aromatic heterocycles. The highest BCUT2D eigenvalue weighted by molar-refractivity contribution is 5.67. The van der Waals surface area contributed by atoms with Gasteiger partial charge >= 0.3 is 0 Å². The van der Waals surface area contributed by atoms with E-state index >= 15 is 0 Å². The summed E-state index contributed by atoms with van der Waals surface area (Å²) in [4.78, 5) is 0. The second kappa shape index (κ2) is 6.95. The van der Waals surface area contributed by atoms with E-state index in [1.165, 1.54) is 23.2 Å². The number of hydrogen-bond donors (Lipinski definition) is 1. The third-order valence-electron chi connectivity index (χ3n) is 3.05. The van der Waals surface area contributed by atoms with Crippen LogP contribution in [0.4, 0.5) is 0 Å². The smallest absolute Gasteiger partial charge is 0.0413 e. The highest BCUT2D eigenvalue weighted by Gasteiger charge is 2.00. The minimum absolute atomic E-state index is 0.640. The zero-order chi connectivity index (χ0) is 12.7. The first-order chi connectivity index (χ1) is 8.19. The van der Waals surface area contributed by atoms with Gasteiger partial charge < -0.3 is 5.32 Å². The minimum Gasteiger partial charge on any atom is -0.388 e. The van der Waals surface area contributed by atoms with Crippen LogP contribution in [0.3, 0.4) is 0 Å². The second-order valence-electron chi connectivity index (χ2n) is 4.42. The second-order valence-corrected chi connectivity index (χ2v) is 4.42. The molecule has 0 spiro atoms. The van der Waals surface area contributed by atoms with Crippen LogP contribution in [0, 0.1) is 12.8 Å². The quantitative estimate of drug-likeness (QED) is 0.748. The van der Waals surface area contributed by atoms with Crippen LogP contribution in [0.25, 0.3) is 5.70 Å². The molecule has 1 aromatic rings. The summed E-state index contributed by atoms with van der Waals surface area (Å²) in [6, 6.07) is 8.43. The fourth-order valence-corrected chi connectivity index (χ4v) is 1.66. The van der Waals surface area contributed by atoms with E-state index in [4.69, 9.17) is 0 Å². The van der Waals surface area contributed by atoms with Gasteiger partial charge in [-0.05, 0) is 24.5 Å². The van der Waals surface area contributed by atoms with E-state index in [2.05, 4.69) is 68.6 Å². The topological polar surface area (TPSA) is 12.0 Å². The van der Waals surface area contributed by atoms with E-state index in [0.717, 1.165) is 0 Å². The lowest BCUT2D eigenvalue weighted by Gasteiger charge is -2.09. The monoisotopic (exact) mass is 229 g/mol. The molecule has 1 atom stereocenters. The number of hydrogen-bond acceptors (Lipinski definition) is 1. The molecular weight excluding hydrogens is 206 g/mol. The molecule has 0 radical (unpaired) electrons. The Morgan fingerprint density at radius 3 is 2.65 bits per heavy atom. The maximum Gasteiger partial charge on any atom is 0.0413 e. The first-order valence-corrected chi connectivity index (χ1v) is 6.31. The molecule has 0 fully saturated rings. The van der Waals surface area contributed by atoms with Gasteiger partial charge in [0.1, 0.15) is 0 Å². The van der Waals surface area contributed by atoms with Crippen LogP contribution in [0.2, 0.25) is 0 Å². The van der Waals surface area contributed by atoms with E-state index in [1.807, 2.05) is 7.05 Å². The average Bonchev–Trinajstić information content (AvgIpc) is 2.35. The molecule has 1 aromatic carbocycles. The third-order valence-corrected chi connectivity index (χ3v) is 3.05. The Labute approximate surface area is 105 Å². The Hall–Kier alpha value is -1.50. The van der Waals surface area contributed by atoms with Crippen molar-refractivity contribution < 1.29 is 0 Å². The van der Waals surface area contributed by atoms with Crippen molar-refractivity contribution in [3.8, 4) is 0 Å². The number of rotatable bonds is 5. The van der Waals surface area contributed by atoms with Gasteiger partial charge in [0.05, 0.1) is 0 Å². The lowest BCUT2D eigenvalue weighted by Crippen LogP contribution is -2.05. The van der Waals surface area contributed by atoms with Crippen molar-refractivity contribution in [3.05, 3.63) is 53.6 Å². The van der Waals surface area contributed by atoms with Crippen LogP contribution in [0.1, 0.15) is 31.4 Å². The highest BCUT2D eigenvalue weighted by Crippen LogP contribution is 2.16. The fourth-order valence-electron chi connectivity index (χ4n) is 1.66. The van der Waals surface area contributed by atoms with Crippen LogP contribution in [-0.4, -0.2) is 7.05 Å². The largest absolute Gasteiger partial charge is 0.388 e. The van der Waals surface area contributed by atoms with Gasteiger partial charge in [-0.15, -0.1) is 0 Å². The number of benzene rings is 1. The molecule has 0 bridgehead atoms. The van der Waals surface area contributed by atoms with E-state index in [9.17, 15) is 0 Å². The normalized spacial score (nSPS) is 14.0. The van der Waals surface area contributed by atoms with Crippen molar-refractivity contribution in [1.29, 1.82) is 0 Å². The number of nitrogens with one attached hydrogen (secondary N) is 1. The van der Waals surface area contributed by atoms with Crippen LogP contribution in [-0.2, 0) is 0 Å².